The van der Waals surface area contributed by atoms with Gasteiger partial charge in [0.2, 0.25) is 11.8 Å². The predicted octanol–water partition coefficient (Wildman–Crippen LogP) is 4.29. The minimum absolute atomic E-state index is 0.00975. The van der Waals surface area contributed by atoms with E-state index >= 15 is 0 Å². The van der Waals surface area contributed by atoms with E-state index in [1.165, 1.54) is 24.5 Å². The molecule has 1 aromatic carbocycles. The second-order valence-corrected chi connectivity index (χ2v) is 7.29. The number of amides is 1. The molecule has 1 aliphatic rings. The van der Waals surface area contributed by atoms with E-state index in [1.54, 1.807) is 6.07 Å². The van der Waals surface area contributed by atoms with Crippen molar-refractivity contribution in [2.45, 2.75) is 39.2 Å². The summed E-state index contributed by atoms with van der Waals surface area (Å²) in [5, 5.41) is -0.00975. The van der Waals surface area contributed by atoms with Crippen molar-refractivity contribution in [1.82, 2.24) is 14.9 Å². The van der Waals surface area contributed by atoms with Crippen molar-refractivity contribution in [3.05, 3.63) is 41.4 Å². The molecule has 0 saturated carbocycles. The van der Waals surface area contributed by atoms with Crippen molar-refractivity contribution >= 4 is 23.3 Å². The molecule has 0 unspecified atom stereocenters. The molecule has 150 valence electrons. The Bertz CT molecular complexity index is 836. The average Bonchev–Trinajstić information content (AvgIpc) is 2.69. The highest BCUT2D eigenvalue weighted by atomic mass is 35.5. The second kappa shape index (κ2) is 9.19. The SMILES string of the molecule is CCCCC(=O)N1CCN(c2cc(Oc3ccc(F)c(Cl)c3)ncn2)C[C@@H]1C. The minimum Gasteiger partial charge on any atom is -0.439 e. The van der Waals surface area contributed by atoms with Gasteiger partial charge in [-0.1, -0.05) is 24.9 Å². The van der Waals surface area contributed by atoms with Gasteiger partial charge in [0.25, 0.3) is 0 Å². The van der Waals surface area contributed by atoms with Gasteiger partial charge in [0.15, 0.2) is 0 Å². The fourth-order valence-corrected chi connectivity index (χ4v) is 3.40. The Kier molecular flexibility index (Phi) is 6.67. The molecule has 0 radical (unpaired) electrons. The number of carbonyl (C=O) groups excluding carboxylic acids is 1. The number of hydrogen-bond acceptors (Lipinski definition) is 5. The first kappa shape index (κ1) is 20.3. The number of rotatable bonds is 6. The molecule has 6 nitrogen and oxygen atoms in total. The van der Waals surface area contributed by atoms with Gasteiger partial charge in [-0.3, -0.25) is 4.79 Å². The Morgan fingerprint density at radius 1 is 1.32 bits per heavy atom. The molecule has 3 rings (SSSR count). The zero-order chi connectivity index (χ0) is 20.1. The molecular formula is C20H24ClFN4O2. The summed E-state index contributed by atoms with van der Waals surface area (Å²) in [5.41, 5.74) is 0. The number of aromatic nitrogens is 2. The van der Waals surface area contributed by atoms with Gasteiger partial charge in [-0.2, -0.15) is 0 Å². The maximum atomic E-state index is 13.3. The Morgan fingerprint density at radius 2 is 2.14 bits per heavy atom. The highest BCUT2D eigenvalue weighted by molar-refractivity contribution is 6.30. The van der Waals surface area contributed by atoms with Crippen LogP contribution in [0.5, 0.6) is 11.6 Å². The Labute approximate surface area is 169 Å². The standard InChI is InChI=1S/C20H24ClFN4O2/c1-3-4-5-20(27)26-9-8-25(12-14(26)2)18-11-19(24-13-23-18)28-15-6-7-17(22)16(21)10-15/h6-7,10-11,13-14H,3-5,8-9,12H2,1-2H3/t14-/m0/s1. The summed E-state index contributed by atoms with van der Waals surface area (Å²) in [6.45, 7) is 6.19. The number of hydrogen-bond donors (Lipinski definition) is 0. The van der Waals surface area contributed by atoms with Crippen molar-refractivity contribution in [2.24, 2.45) is 0 Å². The summed E-state index contributed by atoms with van der Waals surface area (Å²) >= 11 is 5.79. The third-order valence-corrected chi connectivity index (χ3v) is 5.05. The maximum Gasteiger partial charge on any atom is 0.224 e. The molecule has 1 fully saturated rings. The molecule has 1 atom stereocenters. The van der Waals surface area contributed by atoms with Crippen LogP contribution in [0.4, 0.5) is 10.2 Å². The zero-order valence-electron chi connectivity index (χ0n) is 16.1. The van der Waals surface area contributed by atoms with Crippen LogP contribution in [-0.2, 0) is 4.79 Å². The van der Waals surface area contributed by atoms with Crippen LogP contribution in [0.15, 0.2) is 30.6 Å². The van der Waals surface area contributed by atoms with E-state index in [0.717, 1.165) is 18.7 Å². The van der Waals surface area contributed by atoms with Crippen molar-refractivity contribution in [3.8, 4) is 11.6 Å². The third kappa shape index (κ3) is 4.90. The number of anilines is 1. The van der Waals surface area contributed by atoms with Gasteiger partial charge in [-0.15, -0.1) is 0 Å². The van der Waals surface area contributed by atoms with Crippen LogP contribution in [-0.4, -0.2) is 46.5 Å². The molecule has 8 heteroatoms. The Morgan fingerprint density at radius 3 is 2.86 bits per heavy atom. The lowest BCUT2D eigenvalue weighted by atomic mass is 10.1. The van der Waals surface area contributed by atoms with E-state index in [4.69, 9.17) is 16.3 Å². The van der Waals surface area contributed by atoms with Gasteiger partial charge in [0.05, 0.1) is 5.02 Å². The number of carbonyl (C=O) groups is 1. The summed E-state index contributed by atoms with van der Waals surface area (Å²) in [6, 6.07) is 5.98. The van der Waals surface area contributed by atoms with Crippen LogP contribution in [0.25, 0.3) is 0 Å². The zero-order valence-corrected chi connectivity index (χ0v) is 16.8. The predicted molar refractivity (Wildman–Crippen MR) is 106 cm³/mol. The lowest BCUT2D eigenvalue weighted by Crippen LogP contribution is -2.54. The Hall–Kier alpha value is -2.41. The highest BCUT2D eigenvalue weighted by Crippen LogP contribution is 2.27. The molecular weight excluding hydrogens is 383 g/mol. The van der Waals surface area contributed by atoms with E-state index in [-0.39, 0.29) is 17.0 Å². The number of nitrogens with zero attached hydrogens (tertiary/aromatic N) is 4. The monoisotopic (exact) mass is 406 g/mol. The van der Waals surface area contributed by atoms with E-state index in [9.17, 15) is 9.18 Å². The van der Waals surface area contributed by atoms with Crippen LogP contribution >= 0.6 is 11.6 Å². The quantitative estimate of drug-likeness (QED) is 0.716. The van der Waals surface area contributed by atoms with Crippen molar-refractivity contribution in [1.29, 1.82) is 0 Å². The van der Waals surface area contributed by atoms with Gasteiger partial charge in [-0.25, -0.2) is 14.4 Å². The van der Waals surface area contributed by atoms with Crippen molar-refractivity contribution in [3.63, 3.8) is 0 Å². The van der Waals surface area contributed by atoms with E-state index in [0.29, 0.717) is 37.7 Å². The van der Waals surface area contributed by atoms with Gasteiger partial charge in [0, 0.05) is 44.2 Å². The second-order valence-electron chi connectivity index (χ2n) is 6.88. The fraction of sp³-hybridized carbons (Fsp3) is 0.450. The lowest BCUT2D eigenvalue weighted by molar-refractivity contribution is -0.133. The Balaban J connectivity index is 1.66. The fourth-order valence-electron chi connectivity index (χ4n) is 3.23. The number of piperazine rings is 1. The normalized spacial score (nSPS) is 16.9. The lowest BCUT2D eigenvalue weighted by Gasteiger charge is -2.40. The first-order chi connectivity index (χ1) is 13.5. The van der Waals surface area contributed by atoms with Crippen LogP contribution < -0.4 is 9.64 Å². The summed E-state index contributed by atoms with van der Waals surface area (Å²) in [6.07, 6.45) is 3.97. The van der Waals surface area contributed by atoms with Crippen LogP contribution in [0.3, 0.4) is 0 Å². The van der Waals surface area contributed by atoms with Crippen LogP contribution in [0, 0.1) is 5.82 Å². The molecule has 0 bridgehead atoms. The van der Waals surface area contributed by atoms with Gasteiger partial charge in [0.1, 0.15) is 23.7 Å². The first-order valence-corrected chi connectivity index (χ1v) is 9.85. The van der Waals surface area contributed by atoms with Gasteiger partial charge in [-0.05, 0) is 25.5 Å². The van der Waals surface area contributed by atoms with E-state index < -0.39 is 5.82 Å². The van der Waals surface area contributed by atoms with E-state index in [1.807, 2.05) is 4.90 Å². The molecule has 2 heterocycles. The molecule has 2 aromatic rings. The number of unbranched alkanes of at least 4 members (excludes halogenated alkanes) is 1. The van der Waals surface area contributed by atoms with E-state index in [2.05, 4.69) is 28.7 Å². The molecule has 1 aromatic heterocycles. The van der Waals surface area contributed by atoms with Gasteiger partial charge < -0.3 is 14.5 Å². The van der Waals surface area contributed by atoms with Crippen LogP contribution in [0.1, 0.15) is 33.1 Å². The molecule has 0 N–H and O–H groups in total. The number of benzene rings is 1. The van der Waals surface area contributed by atoms with Gasteiger partial charge >= 0.3 is 0 Å². The molecule has 1 saturated heterocycles. The van der Waals surface area contributed by atoms with Crippen molar-refractivity contribution in [2.75, 3.05) is 24.5 Å². The number of ether oxygens (including phenoxy) is 1. The smallest absolute Gasteiger partial charge is 0.224 e. The number of halogens is 2. The van der Waals surface area contributed by atoms with Crippen molar-refractivity contribution < 1.29 is 13.9 Å². The summed E-state index contributed by atoms with van der Waals surface area (Å²) in [5.74, 6) is 1.19. The topological polar surface area (TPSA) is 58.6 Å². The summed E-state index contributed by atoms with van der Waals surface area (Å²) in [4.78, 5) is 24.9. The van der Waals surface area contributed by atoms with Crippen LogP contribution in [0.2, 0.25) is 5.02 Å². The first-order valence-electron chi connectivity index (χ1n) is 9.47. The maximum absolute atomic E-state index is 13.3. The molecule has 1 aliphatic heterocycles. The third-order valence-electron chi connectivity index (χ3n) is 4.76. The highest BCUT2D eigenvalue weighted by Gasteiger charge is 2.27. The summed E-state index contributed by atoms with van der Waals surface area (Å²) < 4.78 is 19.0. The molecule has 1 amide bonds. The minimum atomic E-state index is -0.502. The largest absolute Gasteiger partial charge is 0.439 e. The molecule has 0 spiro atoms. The molecule has 0 aliphatic carbocycles. The summed E-state index contributed by atoms with van der Waals surface area (Å²) in [7, 11) is 0. The molecule has 28 heavy (non-hydrogen) atoms. The average molecular weight is 407 g/mol.